The minimum absolute atomic E-state index is 0.0833. The summed E-state index contributed by atoms with van der Waals surface area (Å²) in [5.41, 5.74) is -0.0144. The first-order valence-electron chi connectivity index (χ1n) is 11.3. The van der Waals surface area contributed by atoms with Crippen LogP contribution in [0.15, 0.2) is 63.0 Å². The van der Waals surface area contributed by atoms with Crippen LogP contribution in [0, 0.1) is 0 Å². The van der Waals surface area contributed by atoms with E-state index >= 15 is 0 Å². The fraction of sp³-hybridized carbons (Fsp3) is 0.375. The molecule has 1 aliphatic rings. The zero-order valence-electron chi connectivity index (χ0n) is 19.6. The van der Waals surface area contributed by atoms with E-state index in [4.69, 9.17) is 4.74 Å². The highest BCUT2D eigenvalue weighted by molar-refractivity contribution is 7.89. The van der Waals surface area contributed by atoms with Gasteiger partial charge in [0.25, 0.3) is 5.56 Å². The van der Waals surface area contributed by atoms with E-state index in [0.29, 0.717) is 18.7 Å². The molecule has 1 fully saturated rings. The molecule has 0 aliphatic carbocycles. The van der Waals surface area contributed by atoms with Crippen LogP contribution in [0.3, 0.4) is 0 Å². The van der Waals surface area contributed by atoms with Gasteiger partial charge in [0.05, 0.1) is 21.9 Å². The molecule has 0 bridgehead atoms. The van der Waals surface area contributed by atoms with Gasteiger partial charge in [-0.3, -0.25) is 18.7 Å². The molecular formula is C24H28N4O6S. The van der Waals surface area contributed by atoms with E-state index in [2.05, 4.69) is 10.0 Å². The number of fused-ring (bicyclic) bond motifs is 1. The first-order chi connectivity index (χ1) is 16.7. The summed E-state index contributed by atoms with van der Waals surface area (Å²) in [5.74, 6) is -0.466. The molecule has 3 aromatic rings. The Labute approximate surface area is 202 Å². The lowest BCUT2D eigenvalue weighted by Gasteiger charge is -2.20. The fourth-order valence-electron chi connectivity index (χ4n) is 4.18. The maximum absolute atomic E-state index is 13.3. The fourth-order valence-corrected chi connectivity index (χ4v) is 5.40. The summed E-state index contributed by atoms with van der Waals surface area (Å²) < 4.78 is 36.8. The van der Waals surface area contributed by atoms with Crippen molar-refractivity contribution in [1.82, 2.24) is 19.2 Å². The third-order valence-corrected chi connectivity index (χ3v) is 7.64. The highest BCUT2D eigenvalue weighted by atomic mass is 32.2. The van der Waals surface area contributed by atoms with Gasteiger partial charge < -0.3 is 10.1 Å². The Balaban J connectivity index is 1.64. The summed E-state index contributed by atoms with van der Waals surface area (Å²) in [6.45, 7) is 0.944. The average Bonchev–Trinajstić information content (AvgIpc) is 3.38. The van der Waals surface area contributed by atoms with Gasteiger partial charge in [-0.1, -0.05) is 30.3 Å². The first-order valence-corrected chi connectivity index (χ1v) is 12.8. The smallest absolute Gasteiger partial charge is 0.330 e. The van der Waals surface area contributed by atoms with Gasteiger partial charge in [-0.15, -0.1) is 0 Å². The summed E-state index contributed by atoms with van der Waals surface area (Å²) >= 11 is 0. The zero-order valence-corrected chi connectivity index (χ0v) is 20.4. The Kier molecular flexibility index (Phi) is 7.20. The number of nitrogens with one attached hydrogen (secondary N) is 2. The Morgan fingerprint density at radius 3 is 2.54 bits per heavy atom. The van der Waals surface area contributed by atoms with Crippen molar-refractivity contribution in [1.29, 1.82) is 0 Å². The number of aromatic nitrogens is 2. The molecule has 2 atom stereocenters. The molecule has 0 spiro atoms. The largest absolute Gasteiger partial charge is 0.376 e. The molecule has 35 heavy (non-hydrogen) atoms. The second-order valence-electron chi connectivity index (χ2n) is 8.63. The van der Waals surface area contributed by atoms with Crippen LogP contribution in [-0.2, 0) is 40.1 Å². The maximum Gasteiger partial charge on any atom is 0.330 e. The summed E-state index contributed by atoms with van der Waals surface area (Å²) in [7, 11) is -1.35. The van der Waals surface area contributed by atoms with Crippen molar-refractivity contribution in [2.45, 2.75) is 36.3 Å². The molecule has 1 aromatic heterocycles. The van der Waals surface area contributed by atoms with E-state index in [0.717, 1.165) is 23.0 Å². The number of aryl methyl sites for hydroxylation is 1. The molecule has 4 rings (SSSR count). The van der Waals surface area contributed by atoms with Crippen molar-refractivity contribution in [3.05, 3.63) is 74.9 Å². The van der Waals surface area contributed by atoms with Crippen LogP contribution in [-0.4, -0.2) is 48.8 Å². The van der Waals surface area contributed by atoms with E-state index in [-0.39, 0.29) is 22.8 Å². The van der Waals surface area contributed by atoms with E-state index < -0.39 is 33.2 Å². The van der Waals surface area contributed by atoms with Gasteiger partial charge in [-0.2, -0.15) is 4.72 Å². The highest BCUT2D eigenvalue weighted by Gasteiger charge is 2.28. The molecular weight excluding hydrogens is 472 g/mol. The third-order valence-electron chi connectivity index (χ3n) is 6.17. The molecule has 2 heterocycles. The number of carbonyl (C=O) groups excluding carboxylic acids is 1. The molecule has 1 aliphatic heterocycles. The lowest BCUT2D eigenvalue weighted by atomic mass is 10.1. The predicted molar refractivity (Wildman–Crippen MR) is 131 cm³/mol. The summed E-state index contributed by atoms with van der Waals surface area (Å²) in [5, 5.41) is 2.88. The minimum Gasteiger partial charge on any atom is -0.376 e. The number of hydrogen-bond donors (Lipinski definition) is 2. The van der Waals surface area contributed by atoms with Crippen LogP contribution in [0.4, 0.5) is 0 Å². The van der Waals surface area contributed by atoms with Gasteiger partial charge in [0, 0.05) is 27.2 Å². The monoisotopic (exact) mass is 500 g/mol. The molecule has 1 amide bonds. The number of amides is 1. The van der Waals surface area contributed by atoms with Gasteiger partial charge in [0.2, 0.25) is 15.9 Å². The summed E-state index contributed by atoms with van der Waals surface area (Å²) in [6, 6.07) is 12.0. The quantitative estimate of drug-likeness (QED) is 0.461. The van der Waals surface area contributed by atoms with Gasteiger partial charge in [-0.05, 0) is 43.0 Å². The van der Waals surface area contributed by atoms with Crippen molar-refractivity contribution in [2.75, 3.05) is 13.2 Å². The minimum atomic E-state index is -4.18. The van der Waals surface area contributed by atoms with Crippen molar-refractivity contribution < 1.29 is 17.9 Å². The average molecular weight is 501 g/mol. The Morgan fingerprint density at radius 1 is 1.11 bits per heavy atom. The number of rotatable bonds is 8. The number of ether oxygens (including phenoxy) is 1. The molecule has 186 valence electrons. The molecule has 1 saturated heterocycles. The molecule has 11 heteroatoms. The van der Waals surface area contributed by atoms with Crippen LogP contribution in [0.5, 0.6) is 0 Å². The number of nitrogens with zero attached hydrogens (tertiary/aromatic N) is 2. The van der Waals surface area contributed by atoms with Gasteiger partial charge >= 0.3 is 5.69 Å². The van der Waals surface area contributed by atoms with Crippen molar-refractivity contribution in [2.24, 2.45) is 14.1 Å². The predicted octanol–water partition coefficient (Wildman–Crippen LogP) is 0.422. The van der Waals surface area contributed by atoms with Crippen molar-refractivity contribution in [3.63, 3.8) is 0 Å². The van der Waals surface area contributed by atoms with Crippen molar-refractivity contribution in [3.8, 4) is 0 Å². The highest BCUT2D eigenvalue weighted by Crippen LogP contribution is 2.17. The van der Waals surface area contributed by atoms with Gasteiger partial charge in [-0.25, -0.2) is 13.2 Å². The van der Waals surface area contributed by atoms with Crippen LogP contribution in [0.2, 0.25) is 0 Å². The normalized spacial score (nSPS) is 16.9. The Morgan fingerprint density at radius 2 is 1.86 bits per heavy atom. The van der Waals surface area contributed by atoms with E-state index in [9.17, 15) is 22.8 Å². The third kappa shape index (κ3) is 5.37. The molecule has 0 saturated carbocycles. The van der Waals surface area contributed by atoms with Crippen LogP contribution in [0.25, 0.3) is 10.9 Å². The number of carbonyl (C=O) groups is 1. The standard InChI is InChI=1S/C24H28N4O6S/c1-27-21-11-10-18(14-19(21)23(30)28(2)24(27)31)35(32,33)26-20(13-16-7-4-3-5-8-16)22(29)25-15-17-9-6-12-34-17/h3-5,7-8,10-11,14,17,20,26H,6,9,12-13,15H2,1-2H3,(H,25,29)/t17-,20+/m1/s1. The second-order valence-corrected chi connectivity index (χ2v) is 10.3. The topological polar surface area (TPSA) is 128 Å². The summed E-state index contributed by atoms with van der Waals surface area (Å²) in [6.07, 6.45) is 1.81. The molecule has 10 nitrogen and oxygen atoms in total. The van der Waals surface area contributed by atoms with Crippen LogP contribution >= 0.6 is 0 Å². The number of benzene rings is 2. The van der Waals surface area contributed by atoms with Crippen LogP contribution in [0.1, 0.15) is 18.4 Å². The lowest BCUT2D eigenvalue weighted by Crippen LogP contribution is -2.49. The van der Waals surface area contributed by atoms with Crippen molar-refractivity contribution >= 4 is 26.8 Å². The molecule has 2 aromatic carbocycles. The number of sulfonamides is 1. The van der Waals surface area contributed by atoms with Gasteiger partial charge in [0.15, 0.2) is 0 Å². The maximum atomic E-state index is 13.3. The number of hydrogen-bond acceptors (Lipinski definition) is 6. The Bertz CT molecular complexity index is 1460. The molecule has 0 unspecified atom stereocenters. The molecule has 2 N–H and O–H groups in total. The Hall–Kier alpha value is -3.28. The molecule has 0 radical (unpaired) electrons. The van der Waals surface area contributed by atoms with E-state index in [1.165, 1.54) is 36.9 Å². The van der Waals surface area contributed by atoms with Gasteiger partial charge in [0.1, 0.15) is 6.04 Å². The van der Waals surface area contributed by atoms with E-state index in [1.807, 2.05) is 30.3 Å². The van der Waals surface area contributed by atoms with E-state index in [1.54, 1.807) is 0 Å². The second kappa shape index (κ2) is 10.1. The lowest BCUT2D eigenvalue weighted by molar-refractivity contribution is -0.123. The zero-order chi connectivity index (χ0) is 25.2. The summed E-state index contributed by atoms with van der Waals surface area (Å²) in [4.78, 5) is 37.6. The SMILES string of the molecule is Cn1c(=O)c2cc(S(=O)(=O)N[C@@H](Cc3ccccc3)C(=O)NC[C@H]3CCCO3)ccc2n(C)c1=O. The first kappa shape index (κ1) is 24.8. The van der Waals surface area contributed by atoms with Crippen LogP contribution < -0.4 is 21.3 Å².